The van der Waals surface area contributed by atoms with Crippen molar-refractivity contribution in [2.75, 3.05) is 11.4 Å². The van der Waals surface area contributed by atoms with Crippen LogP contribution in [0.25, 0.3) is 0 Å². The summed E-state index contributed by atoms with van der Waals surface area (Å²) in [6.07, 6.45) is 2.47. The summed E-state index contributed by atoms with van der Waals surface area (Å²) in [5.41, 5.74) is 3.28. The van der Waals surface area contributed by atoms with Crippen LogP contribution in [-0.4, -0.2) is 24.4 Å². The minimum Gasteiger partial charge on any atom is -0.353 e. The number of aryl methyl sites for hydroxylation is 1. The van der Waals surface area contributed by atoms with Crippen LogP contribution in [0, 0.1) is 12.8 Å². The Morgan fingerprint density at radius 3 is 2.68 bits per heavy atom. The highest BCUT2D eigenvalue weighted by Gasteiger charge is 2.38. The Hall–Kier alpha value is -1.84. The standard InChI is InChI=1S/C18H24N2O2/c1-11(2)15-6-4-5-12(3)17(15)20-10-13(9-16(20)21)18(22)19-14-7-8-14/h4-6,11,13-14H,7-10H2,1-3H3,(H,19,22). The van der Waals surface area contributed by atoms with Crippen molar-refractivity contribution in [1.82, 2.24) is 5.32 Å². The fourth-order valence-corrected chi connectivity index (χ4v) is 3.16. The first-order valence-corrected chi connectivity index (χ1v) is 8.17. The summed E-state index contributed by atoms with van der Waals surface area (Å²) in [7, 11) is 0. The predicted molar refractivity (Wildman–Crippen MR) is 86.9 cm³/mol. The molecule has 2 aliphatic rings. The molecule has 1 aromatic rings. The molecule has 22 heavy (non-hydrogen) atoms. The molecule has 1 aliphatic carbocycles. The van der Waals surface area contributed by atoms with Crippen LogP contribution in [0.5, 0.6) is 0 Å². The van der Waals surface area contributed by atoms with Gasteiger partial charge in [-0.3, -0.25) is 9.59 Å². The van der Waals surface area contributed by atoms with Gasteiger partial charge in [-0.05, 0) is 36.8 Å². The number of nitrogens with zero attached hydrogens (tertiary/aromatic N) is 1. The van der Waals surface area contributed by atoms with E-state index in [0.717, 1.165) is 24.1 Å². The summed E-state index contributed by atoms with van der Waals surface area (Å²) in [6, 6.07) is 6.50. The molecule has 4 nitrogen and oxygen atoms in total. The fourth-order valence-electron chi connectivity index (χ4n) is 3.16. The molecule has 1 saturated carbocycles. The zero-order valence-corrected chi connectivity index (χ0v) is 13.6. The molecule has 0 aromatic heterocycles. The Morgan fingerprint density at radius 2 is 2.05 bits per heavy atom. The highest BCUT2D eigenvalue weighted by atomic mass is 16.2. The van der Waals surface area contributed by atoms with Crippen molar-refractivity contribution in [3.63, 3.8) is 0 Å². The minimum atomic E-state index is -0.215. The zero-order chi connectivity index (χ0) is 15.9. The van der Waals surface area contributed by atoms with Crippen LogP contribution in [0.2, 0.25) is 0 Å². The molecule has 1 heterocycles. The second kappa shape index (κ2) is 5.75. The molecule has 118 valence electrons. The largest absolute Gasteiger partial charge is 0.353 e. The molecule has 1 saturated heterocycles. The van der Waals surface area contributed by atoms with E-state index < -0.39 is 0 Å². The summed E-state index contributed by atoms with van der Waals surface area (Å²) in [4.78, 5) is 26.5. The third kappa shape index (κ3) is 2.87. The molecule has 0 bridgehead atoms. The Balaban J connectivity index is 1.83. The molecular formula is C18H24N2O2. The predicted octanol–water partition coefficient (Wildman–Crippen LogP) is 2.75. The SMILES string of the molecule is Cc1cccc(C(C)C)c1N1CC(C(=O)NC2CC2)CC1=O. The number of para-hydroxylation sites is 1. The monoisotopic (exact) mass is 300 g/mol. The van der Waals surface area contributed by atoms with Crippen molar-refractivity contribution in [3.8, 4) is 0 Å². The molecule has 2 fully saturated rings. The maximum atomic E-state index is 12.5. The van der Waals surface area contributed by atoms with Gasteiger partial charge >= 0.3 is 0 Å². The summed E-state index contributed by atoms with van der Waals surface area (Å²) >= 11 is 0. The Morgan fingerprint density at radius 1 is 1.32 bits per heavy atom. The van der Waals surface area contributed by atoms with Crippen molar-refractivity contribution in [3.05, 3.63) is 29.3 Å². The Kier molecular flexibility index (Phi) is 3.94. The summed E-state index contributed by atoms with van der Waals surface area (Å²) < 4.78 is 0. The van der Waals surface area contributed by atoms with E-state index in [-0.39, 0.29) is 17.7 Å². The number of hydrogen-bond acceptors (Lipinski definition) is 2. The van der Waals surface area contributed by atoms with Gasteiger partial charge in [-0.25, -0.2) is 0 Å². The summed E-state index contributed by atoms with van der Waals surface area (Å²) in [5, 5.41) is 3.02. The molecule has 1 aliphatic heterocycles. The first kappa shape index (κ1) is 15.1. The van der Waals surface area contributed by atoms with Gasteiger partial charge in [0.05, 0.1) is 5.92 Å². The van der Waals surface area contributed by atoms with Gasteiger partial charge in [0, 0.05) is 24.7 Å². The second-order valence-electron chi connectivity index (χ2n) is 6.86. The molecule has 4 heteroatoms. The van der Waals surface area contributed by atoms with Gasteiger partial charge in [-0.15, -0.1) is 0 Å². The van der Waals surface area contributed by atoms with Crippen molar-refractivity contribution in [2.24, 2.45) is 5.92 Å². The van der Waals surface area contributed by atoms with E-state index >= 15 is 0 Å². The first-order chi connectivity index (χ1) is 10.5. The highest BCUT2D eigenvalue weighted by molar-refractivity contribution is 6.01. The lowest BCUT2D eigenvalue weighted by Gasteiger charge is -2.24. The molecular weight excluding hydrogens is 276 g/mol. The van der Waals surface area contributed by atoms with E-state index in [1.54, 1.807) is 0 Å². The van der Waals surface area contributed by atoms with Gasteiger partial charge in [0.25, 0.3) is 0 Å². The van der Waals surface area contributed by atoms with E-state index in [4.69, 9.17) is 0 Å². The average molecular weight is 300 g/mol. The van der Waals surface area contributed by atoms with Gasteiger partial charge in [0.2, 0.25) is 11.8 Å². The molecule has 1 atom stereocenters. The Labute approximate surface area is 131 Å². The minimum absolute atomic E-state index is 0.0398. The number of amides is 2. The maximum absolute atomic E-state index is 12.5. The summed E-state index contributed by atoms with van der Waals surface area (Å²) in [5.74, 6) is 0.236. The molecule has 1 aromatic carbocycles. The van der Waals surface area contributed by atoms with Crippen LogP contribution in [0.4, 0.5) is 5.69 Å². The number of carbonyl (C=O) groups is 2. The smallest absolute Gasteiger partial charge is 0.227 e. The van der Waals surface area contributed by atoms with Crippen molar-refractivity contribution < 1.29 is 9.59 Å². The zero-order valence-electron chi connectivity index (χ0n) is 13.6. The molecule has 2 amide bonds. The van der Waals surface area contributed by atoms with Crippen LogP contribution in [0.3, 0.4) is 0 Å². The van der Waals surface area contributed by atoms with Gasteiger partial charge in [0.1, 0.15) is 0 Å². The number of rotatable bonds is 4. The van der Waals surface area contributed by atoms with Crippen molar-refractivity contribution >= 4 is 17.5 Å². The summed E-state index contributed by atoms with van der Waals surface area (Å²) in [6.45, 7) is 6.81. The van der Waals surface area contributed by atoms with Gasteiger partial charge in [-0.2, -0.15) is 0 Å². The van der Waals surface area contributed by atoms with Crippen LogP contribution in [0.1, 0.15) is 50.2 Å². The van der Waals surface area contributed by atoms with Crippen LogP contribution in [0.15, 0.2) is 18.2 Å². The van der Waals surface area contributed by atoms with Gasteiger partial charge < -0.3 is 10.2 Å². The lowest BCUT2D eigenvalue weighted by molar-refractivity contribution is -0.126. The normalized spacial score (nSPS) is 21.5. The first-order valence-electron chi connectivity index (χ1n) is 8.17. The number of benzene rings is 1. The van der Waals surface area contributed by atoms with Crippen LogP contribution in [-0.2, 0) is 9.59 Å². The number of nitrogens with one attached hydrogen (secondary N) is 1. The third-order valence-electron chi connectivity index (χ3n) is 4.58. The Bertz CT molecular complexity index is 605. The topological polar surface area (TPSA) is 49.4 Å². The van der Waals surface area contributed by atoms with E-state index in [9.17, 15) is 9.59 Å². The quantitative estimate of drug-likeness (QED) is 0.929. The number of hydrogen-bond donors (Lipinski definition) is 1. The van der Waals surface area contributed by atoms with Gasteiger partial charge in [-0.1, -0.05) is 32.0 Å². The van der Waals surface area contributed by atoms with Crippen LogP contribution < -0.4 is 10.2 Å². The second-order valence-corrected chi connectivity index (χ2v) is 6.86. The highest BCUT2D eigenvalue weighted by Crippen LogP contribution is 2.35. The average Bonchev–Trinajstić information content (AvgIpc) is 3.19. The van der Waals surface area contributed by atoms with Gasteiger partial charge in [0.15, 0.2) is 0 Å². The fraction of sp³-hybridized carbons (Fsp3) is 0.556. The van der Waals surface area contributed by atoms with E-state index in [1.165, 1.54) is 5.56 Å². The van der Waals surface area contributed by atoms with Crippen molar-refractivity contribution in [1.29, 1.82) is 0 Å². The number of carbonyl (C=O) groups excluding carboxylic acids is 2. The van der Waals surface area contributed by atoms with Crippen molar-refractivity contribution in [2.45, 2.75) is 52.0 Å². The molecule has 0 radical (unpaired) electrons. The van der Waals surface area contributed by atoms with E-state index in [2.05, 4.69) is 25.2 Å². The molecule has 1 N–H and O–H groups in total. The van der Waals surface area contributed by atoms with E-state index in [1.807, 2.05) is 24.0 Å². The van der Waals surface area contributed by atoms with E-state index in [0.29, 0.717) is 24.9 Å². The molecule has 0 spiro atoms. The third-order valence-corrected chi connectivity index (χ3v) is 4.58. The lowest BCUT2D eigenvalue weighted by Crippen LogP contribution is -2.34. The van der Waals surface area contributed by atoms with Crippen LogP contribution >= 0.6 is 0 Å². The molecule has 3 rings (SSSR count). The molecule has 1 unspecified atom stereocenters. The maximum Gasteiger partial charge on any atom is 0.227 e. The lowest BCUT2D eigenvalue weighted by atomic mass is 9.97. The number of anilines is 1.